The largest absolute Gasteiger partial charge is 0.445 e. The minimum atomic E-state index is -0.826. The Morgan fingerprint density at radius 1 is 1.42 bits per heavy atom. The van der Waals surface area contributed by atoms with Crippen LogP contribution >= 0.6 is 11.5 Å². The molecule has 2 nitrogen and oxygen atoms in total. The maximum atomic E-state index is 11.8. The van der Waals surface area contributed by atoms with Gasteiger partial charge >= 0.3 is 0 Å². The first-order valence-corrected chi connectivity index (χ1v) is 4.22. The average molecular weight is 183 g/mol. The van der Waals surface area contributed by atoms with Gasteiger partial charge in [-0.2, -0.15) is 4.37 Å². The van der Waals surface area contributed by atoms with Crippen LogP contribution < -0.4 is 4.74 Å². The molecule has 0 aliphatic rings. The van der Waals surface area contributed by atoms with E-state index in [-0.39, 0.29) is 0 Å². The standard InChI is InChI=1S/C8H6FNOS/c9-5-11-8-6-3-1-2-4-7(6)12-10-8/h1-4H,5H2. The van der Waals surface area contributed by atoms with Gasteiger partial charge in [0, 0.05) is 0 Å². The van der Waals surface area contributed by atoms with Crippen molar-refractivity contribution in [2.45, 2.75) is 0 Å². The molecular weight excluding hydrogens is 177 g/mol. The quantitative estimate of drug-likeness (QED) is 0.714. The molecule has 0 fully saturated rings. The number of hydrogen-bond acceptors (Lipinski definition) is 3. The first kappa shape index (κ1) is 7.49. The van der Waals surface area contributed by atoms with Gasteiger partial charge in [0.25, 0.3) is 0 Å². The Morgan fingerprint density at radius 2 is 2.25 bits per heavy atom. The van der Waals surface area contributed by atoms with Crippen LogP contribution in [0.3, 0.4) is 0 Å². The van der Waals surface area contributed by atoms with E-state index in [1.165, 1.54) is 11.5 Å². The minimum absolute atomic E-state index is 0.387. The second-order valence-corrected chi connectivity index (χ2v) is 3.04. The molecule has 0 N–H and O–H groups in total. The topological polar surface area (TPSA) is 22.1 Å². The average Bonchev–Trinajstić information content (AvgIpc) is 2.50. The second kappa shape index (κ2) is 3.06. The Kier molecular flexibility index (Phi) is 1.91. The molecule has 12 heavy (non-hydrogen) atoms. The third-order valence-electron chi connectivity index (χ3n) is 1.54. The number of nitrogens with zero attached hydrogens (tertiary/aromatic N) is 1. The van der Waals surface area contributed by atoms with E-state index in [1.54, 1.807) is 0 Å². The van der Waals surface area contributed by atoms with Gasteiger partial charge in [-0.1, -0.05) is 12.1 Å². The summed E-state index contributed by atoms with van der Waals surface area (Å²) in [5, 5.41) is 0.875. The van der Waals surface area contributed by atoms with E-state index < -0.39 is 6.86 Å². The molecule has 1 aromatic carbocycles. The number of fused-ring (bicyclic) bond motifs is 1. The van der Waals surface area contributed by atoms with Crippen LogP contribution in [0.1, 0.15) is 0 Å². The summed E-state index contributed by atoms with van der Waals surface area (Å²) in [6, 6.07) is 7.59. The number of halogens is 1. The molecule has 0 atom stereocenters. The molecule has 0 saturated heterocycles. The van der Waals surface area contributed by atoms with Crippen LogP contribution in [-0.4, -0.2) is 11.2 Å². The maximum absolute atomic E-state index is 11.8. The van der Waals surface area contributed by atoms with E-state index in [0.717, 1.165) is 10.1 Å². The Morgan fingerprint density at radius 3 is 3.08 bits per heavy atom. The minimum Gasteiger partial charge on any atom is -0.445 e. The molecule has 0 aliphatic heterocycles. The van der Waals surface area contributed by atoms with Crippen LogP contribution in [-0.2, 0) is 0 Å². The van der Waals surface area contributed by atoms with Crippen molar-refractivity contribution in [2.75, 3.05) is 6.86 Å². The van der Waals surface area contributed by atoms with Gasteiger partial charge in [-0.25, -0.2) is 4.39 Å². The van der Waals surface area contributed by atoms with Crippen molar-refractivity contribution in [1.29, 1.82) is 0 Å². The predicted octanol–water partition coefficient (Wildman–Crippen LogP) is 2.60. The molecular formula is C8H6FNOS. The fraction of sp³-hybridized carbons (Fsp3) is 0.125. The Labute approximate surface area is 72.8 Å². The summed E-state index contributed by atoms with van der Waals surface area (Å²) >= 11 is 1.31. The molecule has 0 bridgehead atoms. The lowest BCUT2D eigenvalue weighted by atomic mass is 10.3. The Bertz CT molecular complexity index is 387. The van der Waals surface area contributed by atoms with E-state index in [1.807, 2.05) is 24.3 Å². The van der Waals surface area contributed by atoms with Crippen LogP contribution in [0, 0.1) is 0 Å². The fourth-order valence-electron chi connectivity index (χ4n) is 1.02. The number of rotatable bonds is 2. The SMILES string of the molecule is FCOc1nsc2ccccc12. The van der Waals surface area contributed by atoms with Gasteiger partial charge in [-0.05, 0) is 23.7 Å². The number of ether oxygens (including phenoxy) is 1. The van der Waals surface area contributed by atoms with E-state index in [0.29, 0.717) is 5.88 Å². The lowest BCUT2D eigenvalue weighted by Crippen LogP contribution is -1.89. The van der Waals surface area contributed by atoms with Crippen LogP contribution in [0.15, 0.2) is 24.3 Å². The Balaban J connectivity index is 2.55. The molecule has 1 aromatic heterocycles. The highest BCUT2D eigenvalue weighted by atomic mass is 32.1. The monoisotopic (exact) mass is 183 g/mol. The van der Waals surface area contributed by atoms with Crippen LogP contribution in [0.25, 0.3) is 10.1 Å². The lowest BCUT2D eigenvalue weighted by molar-refractivity contribution is 0.188. The van der Waals surface area contributed by atoms with Crippen molar-refractivity contribution in [3.8, 4) is 5.88 Å². The Hall–Kier alpha value is -1.16. The van der Waals surface area contributed by atoms with Crippen molar-refractivity contribution in [1.82, 2.24) is 4.37 Å². The molecule has 0 radical (unpaired) electrons. The normalized spacial score (nSPS) is 10.4. The van der Waals surface area contributed by atoms with Crippen molar-refractivity contribution >= 4 is 21.6 Å². The van der Waals surface area contributed by atoms with Crippen LogP contribution in [0.4, 0.5) is 4.39 Å². The van der Waals surface area contributed by atoms with Gasteiger partial charge in [0.2, 0.25) is 12.7 Å². The summed E-state index contributed by atoms with van der Waals surface area (Å²) in [5.41, 5.74) is 0. The summed E-state index contributed by atoms with van der Waals surface area (Å²) in [6.45, 7) is -0.826. The summed E-state index contributed by atoms with van der Waals surface area (Å²) in [6.07, 6.45) is 0. The third kappa shape index (κ3) is 1.14. The molecule has 0 spiro atoms. The van der Waals surface area contributed by atoms with Gasteiger partial charge in [0.05, 0.1) is 10.1 Å². The highest BCUT2D eigenvalue weighted by molar-refractivity contribution is 7.13. The zero-order valence-corrected chi connectivity index (χ0v) is 6.97. The number of hydrogen-bond donors (Lipinski definition) is 0. The van der Waals surface area contributed by atoms with Gasteiger partial charge in [0.1, 0.15) is 0 Å². The molecule has 0 unspecified atom stereocenters. The highest BCUT2D eigenvalue weighted by Gasteiger charge is 2.04. The molecule has 0 aliphatic carbocycles. The summed E-state index contributed by atoms with van der Waals surface area (Å²) < 4.78 is 21.5. The van der Waals surface area contributed by atoms with E-state index >= 15 is 0 Å². The van der Waals surface area contributed by atoms with Crippen molar-refractivity contribution in [2.24, 2.45) is 0 Å². The smallest absolute Gasteiger partial charge is 0.235 e. The van der Waals surface area contributed by atoms with Crippen molar-refractivity contribution in [3.05, 3.63) is 24.3 Å². The van der Waals surface area contributed by atoms with Crippen molar-refractivity contribution < 1.29 is 9.13 Å². The third-order valence-corrected chi connectivity index (χ3v) is 2.35. The molecule has 2 aromatic rings. The first-order chi connectivity index (χ1) is 5.92. The first-order valence-electron chi connectivity index (χ1n) is 3.45. The van der Waals surface area contributed by atoms with Gasteiger partial charge < -0.3 is 4.74 Å². The molecule has 0 saturated carbocycles. The van der Waals surface area contributed by atoms with E-state index in [2.05, 4.69) is 4.37 Å². The molecule has 0 amide bonds. The molecule has 2 rings (SSSR count). The number of aromatic nitrogens is 1. The fourth-order valence-corrected chi connectivity index (χ4v) is 1.74. The van der Waals surface area contributed by atoms with E-state index in [4.69, 9.17) is 4.74 Å². The van der Waals surface area contributed by atoms with Crippen LogP contribution in [0.2, 0.25) is 0 Å². The highest BCUT2D eigenvalue weighted by Crippen LogP contribution is 2.27. The summed E-state index contributed by atoms with van der Waals surface area (Å²) in [5.74, 6) is 0.387. The molecule has 4 heteroatoms. The molecule has 1 heterocycles. The predicted molar refractivity (Wildman–Crippen MR) is 46.2 cm³/mol. The van der Waals surface area contributed by atoms with Crippen molar-refractivity contribution in [3.63, 3.8) is 0 Å². The number of alkyl halides is 1. The summed E-state index contributed by atoms with van der Waals surface area (Å²) in [4.78, 5) is 0. The van der Waals surface area contributed by atoms with E-state index in [9.17, 15) is 4.39 Å². The lowest BCUT2D eigenvalue weighted by Gasteiger charge is -1.94. The van der Waals surface area contributed by atoms with Gasteiger partial charge in [-0.15, -0.1) is 0 Å². The maximum Gasteiger partial charge on any atom is 0.235 e. The zero-order valence-electron chi connectivity index (χ0n) is 6.16. The van der Waals surface area contributed by atoms with Crippen LogP contribution in [0.5, 0.6) is 5.88 Å². The zero-order chi connectivity index (χ0) is 8.39. The number of benzene rings is 1. The second-order valence-electron chi connectivity index (χ2n) is 2.24. The summed E-state index contributed by atoms with van der Waals surface area (Å²) in [7, 11) is 0. The van der Waals surface area contributed by atoms with Gasteiger partial charge in [-0.3, -0.25) is 0 Å². The van der Waals surface area contributed by atoms with Gasteiger partial charge in [0.15, 0.2) is 0 Å². The molecule has 62 valence electrons.